The Morgan fingerprint density at radius 1 is 0.636 bits per heavy atom. The molecule has 0 aromatic heterocycles. The second kappa shape index (κ2) is 8.17. The van der Waals surface area contributed by atoms with Gasteiger partial charge < -0.3 is 0 Å². The first-order valence-corrected chi connectivity index (χ1v) is 8.37. The van der Waals surface area contributed by atoms with Crippen molar-refractivity contribution in [3.8, 4) is 0 Å². The van der Waals surface area contributed by atoms with Crippen LogP contribution in [0.4, 0.5) is 0 Å². The third-order valence-electron chi connectivity index (χ3n) is 4.47. The molecule has 0 heterocycles. The summed E-state index contributed by atoms with van der Waals surface area (Å²) in [6, 6.07) is 13.2. The Labute approximate surface area is 137 Å². The monoisotopic (exact) mass is 296 g/mol. The van der Waals surface area contributed by atoms with E-state index in [1.54, 1.807) is 0 Å². The summed E-state index contributed by atoms with van der Waals surface area (Å²) < 4.78 is 0. The molecule has 0 bridgehead atoms. The van der Waals surface area contributed by atoms with E-state index in [0.717, 1.165) is 0 Å². The van der Waals surface area contributed by atoms with Crippen LogP contribution in [0.2, 0.25) is 0 Å². The Balaban J connectivity index is 0.000000220. The van der Waals surface area contributed by atoms with Gasteiger partial charge in [0.1, 0.15) is 0 Å². The third kappa shape index (κ3) is 5.02. The molecular weight excluding hydrogens is 264 g/mol. The van der Waals surface area contributed by atoms with Crippen LogP contribution in [0.25, 0.3) is 0 Å². The molecule has 0 saturated carbocycles. The molecule has 0 spiro atoms. The largest absolute Gasteiger partial charge is 0.0617 e. The van der Waals surface area contributed by atoms with E-state index in [1.165, 1.54) is 33.4 Å². The fraction of sp³-hybridized carbons (Fsp3) is 0.455. The van der Waals surface area contributed by atoms with Crippen molar-refractivity contribution in [1.29, 1.82) is 0 Å². The standard InChI is InChI=1S/2C11H16/c1-8(2)11-6-5-9(3)10(4)7-11;1-8(2)11-7-5-6-9(3)10(11)4/h2*5-8H,1-4H3. The molecule has 22 heavy (non-hydrogen) atoms. The summed E-state index contributed by atoms with van der Waals surface area (Å²) >= 11 is 0. The first-order chi connectivity index (χ1) is 10.2. The van der Waals surface area contributed by atoms with Crippen LogP contribution in [0.15, 0.2) is 36.4 Å². The Bertz CT molecular complexity index is 603. The summed E-state index contributed by atoms with van der Waals surface area (Å²) in [5.41, 5.74) is 8.54. The molecular formula is C22H32. The smallest absolute Gasteiger partial charge is 0.0216 e. The van der Waals surface area contributed by atoms with Crippen molar-refractivity contribution in [2.75, 3.05) is 0 Å². The Kier molecular flexibility index (Phi) is 6.87. The fourth-order valence-corrected chi connectivity index (χ4v) is 2.52. The van der Waals surface area contributed by atoms with Crippen molar-refractivity contribution in [2.24, 2.45) is 0 Å². The normalized spacial score (nSPS) is 10.6. The van der Waals surface area contributed by atoms with Crippen LogP contribution >= 0.6 is 0 Å². The lowest BCUT2D eigenvalue weighted by atomic mass is 9.95. The molecule has 120 valence electrons. The maximum Gasteiger partial charge on any atom is -0.0216 e. The van der Waals surface area contributed by atoms with Gasteiger partial charge in [-0.15, -0.1) is 0 Å². The van der Waals surface area contributed by atoms with E-state index >= 15 is 0 Å². The molecule has 2 aromatic carbocycles. The number of aryl methyl sites for hydroxylation is 3. The molecule has 0 aliphatic carbocycles. The first-order valence-electron chi connectivity index (χ1n) is 8.37. The second-order valence-electron chi connectivity index (χ2n) is 6.94. The van der Waals surface area contributed by atoms with Gasteiger partial charge in [-0.25, -0.2) is 0 Å². The minimum atomic E-state index is 0.647. The number of benzene rings is 2. The molecule has 0 aliphatic heterocycles. The first kappa shape index (κ1) is 18.5. The van der Waals surface area contributed by atoms with E-state index < -0.39 is 0 Å². The molecule has 0 heteroatoms. The highest BCUT2D eigenvalue weighted by Gasteiger charge is 2.03. The zero-order chi connectivity index (χ0) is 16.9. The van der Waals surface area contributed by atoms with Crippen molar-refractivity contribution in [2.45, 2.75) is 67.2 Å². The van der Waals surface area contributed by atoms with E-state index in [4.69, 9.17) is 0 Å². The molecule has 0 aliphatic rings. The Morgan fingerprint density at radius 2 is 1.27 bits per heavy atom. The van der Waals surface area contributed by atoms with Gasteiger partial charge in [0.25, 0.3) is 0 Å². The summed E-state index contributed by atoms with van der Waals surface area (Å²) in [7, 11) is 0. The molecule has 2 rings (SSSR count). The zero-order valence-electron chi connectivity index (χ0n) is 15.6. The molecule has 0 saturated heterocycles. The molecule has 0 unspecified atom stereocenters. The van der Waals surface area contributed by atoms with Gasteiger partial charge in [-0.2, -0.15) is 0 Å². The topological polar surface area (TPSA) is 0 Å². The summed E-state index contributed by atoms with van der Waals surface area (Å²) in [6.45, 7) is 17.6. The summed E-state index contributed by atoms with van der Waals surface area (Å²) in [6.07, 6.45) is 0. The highest BCUT2D eigenvalue weighted by molar-refractivity contribution is 5.35. The lowest BCUT2D eigenvalue weighted by Gasteiger charge is -2.10. The van der Waals surface area contributed by atoms with Gasteiger partial charge in [0.2, 0.25) is 0 Å². The quantitative estimate of drug-likeness (QED) is 0.568. The van der Waals surface area contributed by atoms with Crippen LogP contribution in [0.1, 0.15) is 72.9 Å². The van der Waals surface area contributed by atoms with E-state index in [9.17, 15) is 0 Å². The maximum atomic E-state index is 2.28. The van der Waals surface area contributed by atoms with Crippen molar-refractivity contribution < 1.29 is 0 Å². The predicted molar refractivity (Wildman–Crippen MR) is 100 cm³/mol. The van der Waals surface area contributed by atoms with Crippen molar-refractivity contribution in [1.82, 2.24) is 0 Å². The van der Waals surface area contributed by atoms with E-state index in [-0.39, 0.29) is 0 Å². The van der Waals surface area contributed by atoms with Gasteiger partial charge in [0, 0.05) is 0 Å². The van der Waals surface area contributed by atoms with Crippen molar-refractivity contribution in [3.63, 3.8) is 0 Å². The summed E-state index contributed by atoms with van der Waals surface area (Å²) in [5, 5.41) is 0. The fourth-order valence-electron chi connectivity index (χ4n) is 2.52. The Hall–Kier alpha value is -1.56. The van der Waals surface area contributed by atoms with Gasteiger partial charge >= 0.3 is 0 Å². The van der Waals surface area contributed by atoms with Crippen LogP contribution in [0.3, 0.4) is 0 Å². The Morgan fingerprint density at radius 3 is 1.73 bits per heavy atom. The van der Waals surface area contributed by atoms with Crippen molar-refractivity contribution in [3.05, 3.63) is 69.8 Å². The van der Waals surface area contributed by atoms with Crippen LogP contribution in [-0.2, 0) is 0 Å². The van der Waals surface area contributed by atoms with Crippen LogP contribution in [0, 0.1) is 27.7 Å². The van der Waals surface area contributed by atoms with Gasteiger partial charge in [-0.1, -0.05) is 64.1 Å². The predicted octanol–water partition coefficient (Wildman–Crippen LogP) is 6.85. The van der Waals surface area contributed by atoms with E-state index in [2.05, 4.69) is 91.8 Å². The third-order valence-corrected chi connectivity index (χ3v) is 4.47. The minimum Gasteiger partial charge on any atom is -0.0617 e. The molecule has 0 nitrogen and oxygen atoms in total. The number of hydrogen-bond acceptors (Lipinski definition) is 0. The SMILES string of the molecule is Cc1ccc(C(C)C)cc1C.Cc1cccc(C(C)C)c1C. The zero-order valence-corrected chi connectivity index (χ0v) is 15.6. The van der Waals surface area contributed by atoms with Crippen LogP contribution in [-0.4, -0.2) is 0 Å². The van der Waals surface area contributed by atoms with Gasteiger partial charge in [0.05, 0.1) is 0 Å². The average Bonchev–Trinajstić information content (AvgIpc) is 2.45. The maximum absolute atomic E-state index is 2.28. The average molecular weight is 296 g/mol. The van der Waals surface area contributed by atoms with Crippen molar-refractivity contribution >= 4 is 0 Å². The molecule has 0 radical (unpaired) electrons. The second-order valence-corrected chi connectivity index (χ2v) is 6.94. The lowest BCUT2D eigenvalue weighted by Crippen LogP contribution is -1.93. The van der Waals surface area contributed by atoms with E-state index in [0.29, 0.717) is 11.8 Å². The van der Waals surface area contributed by atoms with Gasteiger partial charge in [-0.3, -0.25) is 0 Å². The minimum absolute atomic E-state index is 0.647. The van der Waals surface area contributed by atoms with Crippen LogP contribution < -0.4 is 0 Å². The van der Waals surface area contributed by atoms with E-state index in [1.807, 2.05) is 0 Å². The molecule has 0 fully saturated rings. The van der Waals surface area contributed by atoms with Gasteiger partial charge in [-0.05, 0) is 72.9 Å². The molecule has 0 atom stereocenters. The van der Waals surface area contributed by atoms with Gasteiger partial charge in [0.15, 0.2) is 0 Å². The number of hydrogen-bond donors (Lipinski definition) is 0. The summed E-state index contributed by atoms with van der Waals surface area (Å²) in [4.78, 5) is 0. The number of rotatable bonds is 2. The highest BCUT2D eigenvalue weighted by atomic mass is 14.1. The molecule has 2 aromatic rings. The summed E-state index contributed by atoms with van der Waals surface area (Å²) in [5.74, 6) is 1.30. The van der Waals surface area contributed by atoms with Crippen LogP contribution in [0.5, 0.6) is 0 Å². The molecule has 0 N–H and O–H groups in total. The molecule has 0 amide bonds. The highest BCUT2D eigenvalue weighted by Crippen LogP contribution is 2.20. The lowest BCUT2D eigenvalue weighted by molar-refractivity contribution is 0.854.